The van der Waals surface area contributed by atoms with Crippen LogP contribution < -0.4 is 0 Å². The summed E-state index contributed by atoms with van der Waals surface area (Å²) in [4.78, 5) is 15.6. The van der Waals surface area contributed by atoms with Crippen molar-refractivity contribution >= 4 is 16.7 Å². The molecular formula is C15H17NO2. The molecule has 0 amide bonds. The van der Waals surface area contributed by atoms with Gasteiger partial charge >= 0.3 is 0 Å². The number of ketones is 1. The number of hydrogen-bond acceptors (Lipinski definition) is 2. The number of carbonyl (C=O) groups excluding carboxylic acids is 1. The maximum Gasteiger partial charge on any atom is 0.193 e. The topological polar surface area (TPSA) is 42.1 Å². The first-order chi connectivity index (χ1) is 8.75. The Bertz CT molecular complexity index is 579. The molecule has 1 saturated heterocycles. The summed E-state index contributed by atoms with van der Waals surface area (Å²) in [6.45, 7) is 2.75. The summed E-state index contributed by atoms with van der Waals surface area (Å²) in [6, 6.07) is 6.12. The van der Waals surface area contributed by atoms with Gasteiger partial charge in [-0.3, -0.25) is 4.79 Å². The van der Waals surface area contributed by atoms with Crippen molar-refractivity contribution in [1.29, 1.82) is 0 Å². The third-order valence-corrected chi connectivity index (χ3v) is 3.57. The van der Waals surface area contributed by atoms with Crippen molar-refractivity contribution in [1.82, 2.24) is 4.98 Å². The van der Waals surface area contributed by atoms with Gasteiger partial charge in [0.15, 0.2) is 5.78 Å². The van der Waals surface area contributed by atoms with Crippen molar-refractivity contribution in [2.24, 2.45) is 0 Å². The van der Waals surface area contributed by atoms with Crippen LogP contribution in [0.15, 0.2) is 24.4 Å². The van der Waals surface area contributed by atoms with Gasteiger partial charge in [-0.25, -0.2) is 0 Å². The number of carbonyl (C=O) groups is 1. The zero-order chi connectivity index (χ0) is 12.5. The predicted octanol–water partition coefficient (Wildman–Crippen LogP) is 3.23. The van der Waals surface area contributed by atoms with E-state index in [4.69, 9.17) is 4.74 Å². The average molecular weight is 243 g/mol. The normalized spacial score (nSPS) is 20.2. The van der Waals surface area contributed by atoms with E-state index in [1.807, 2.05) is 25.3 Å². The van der Waals surface area contributed by atoms with Gasteiger partial charge in [0.2, 0.25) is 0 Å². The Balaban J connectivity index is 1.98. The zero-order valence-corrected chi connectivity index (χ0v) is 10.5. The van der Waals surface area contributed by atoms with Crippen LogP contribution in [0.3, 0.4) is 0 Å². The van der Waals surface area contributed by atoms with E-state index >= 15 is 0 Å². The lowest BCUT2D eigenvalue weighted by Crippen LogP contribution is -2.28. The molecular weight excluding hydrogens is 226 g/mol. The Morgan fingerprint density at radius 2 is 2.28 bits per heavy atom. The molecule has 3 heteroatoms. The van der Waals surface area contributed by atoms with Gasteiger partial charge in [-0.15, -0.1) is 0 Å². The largest absolute Gasteiger partial charge is 0.370 e. The number of aromatic amines is 1. The van der Waals surface area contributed by atoms with Crippen LogP contribution in [-0.4, -0.2) is 23.5 Å². The van der Waals surface area contributed by atoms with E-state index in [1.54, 1.807) is 0 Å². The molecule has 18 heavy (non-hydrogen) atoms. The minimum atomic E-state index is -0.252. The second kappa shape index (κ2) is 4.58. The number of aromatic nitrogens is 1. The van der Waals surface area contributed by atoms with Crippen LogP contribution in [-0.2, 0) is 4.74 Å². The molecule has 0 radical (unpaired) electrons. The van der Waals surface area contributed by atoms with Gasteiger partial charge in [0.25, 0.3) is 0 Å². The monoisotopic (exact) mass is 243 g/mol. The Morgan fingerprint density at radius 1 is 1.39 bits per heavy atom. The minimum Gasteiger partial charge on any atom is -0.370 e. The predicted molar refractivity (Wildman–Crippen MR) is 71.0 cm³/mol. The second-order valence-corrected chi connectivity index (χ2v) is 4.97. The van der Waals surface area contributed by atoms with Crippen LogP contribution in [0, 0.1) is 6.92 Å². The molecule has 1 N–H and O–H groups in total. The van der Waals surface area contributed by atoms with E-state index in [-0.39, 0.29) is 11.9 Å². The highest BCUT2D eigenvalue weighted by molar-refractivity contribution is 6.10. The van der Waals surface area contributed by atoms with Crippen LogP contribution in [0.5, 0.6) is 0 Å². The fourth-order valence-corrected chi connectivity index (χ4v) is 2.56. The Kier molecular flexibility index (Phi) is 2.92. The number of H-pyrrole nitrogens is 1. The lowest BCUT2D eigenvalue weighted by Gasteiger charge is -2.20. The fourth-order valence-electron chi connectivity index (χ4n) is 2.56. The van der Waals surface area contributed by atoms with E-state index in [0.29, 0.717) is 6.61 Å². The standard InChI is InChI=1S/C15H17NO2/c1-10-5-6-13-11(8-10)12(9-16-13)15(17)14-4-2-3-7-18-14/h5-6,8-9,14,16H,2-4,7H2,1H3. The van der Waals surface area contributed by atoms with Gasteiger partial charge in [-0.2, -0.15) is 0 Å². The van der Waals surface area contributed by atoms with E-state index in [2.05, 4.69) is 11.1 Å². The van der Waals surface area contributed by atoms with Crippen molar-refractivity contribution < 1.29 is 9.53 Å². The first kappa shape index (κ1) is 11.5. The van der Waals surface area contributed by atoms with Gasteiger partial charge in [0.05, 0.1) is 0 Å². The lowest BCUT2D eigenvalue weighted by atomic mass is 9.99. The van der Waals surface area contributed by atoms with Crippen molar-refractivity contribution in [3.05, 3.63) is 35.5 Å². The maximum atomic E-state index is 12.4. The summed E-state index contributed by atoms with van der Waals surface area (Å²) in [5.41, 5.74) is 2.95. The molecule has 2 heterocycles. The molecule has 1 fully saturated rings. The molecule has 1 unspecified atom stereocenters. The molecule has 1 aliphatic heterocycles. The third kappa shape index (κ3) is 1.95. The Hall–Kier alpha value is -1.61. The summed E-state index contributed by atoms with van der Waals surface area (Å²) in [5.74, 6) is 0.117. The fraction of sp³-hybridized carbons (Fsp3) is 0.400. The van der Waals surface area contributed by atoms with Crippen molar-refractivity contribution in [3.8, 4) is 0 Å². The van der Waals surface area contributed by atoms with Crippen molar-refractivity contribution in [2.45, 2.75) is 32.3 Å². The molecule has 1 aliphatic rings. The molecule has 2 aromatic rings. The minimum absolute atomic E-state index is 0.117. The molecule has 1 atom stereocenters. The van der Waals surface area contributed by atoms with E-state index in [1.165, 1.54) is 5.56 Å². The summed E-state index contributed by atoms with van der Waals surface area (Å²) in [5, 5.41) is 1.01. The summed E-state index contributed by atoms with van der Waals surface area (Å²) in [6.07, 6.45) is 4.55. The second-order valence-electron chi connectivity index (χ2n) is 4.97. The van der Waals surface area contributed by atoms with Crippen molar-refractivity contribution in [2.75, 3.05) is 6.61 Å². The number of rotatable bonds is 2. The molecule has 3 rings (SSSR count). The average Bonchev–Trinajstić information content (AvgIpc) is 2.82. The highest BCUT2D eigenvalue weighted by atomic mass is 16.5. The van der Waals surface area contributed by atoms with Gasteiger partial charge in [0.1, 0.15) is 6.10 Å². The van der Waals surface area contributed by atoms with Crippen LogP contribution in [0.4, 0.5) is 0 Å². The first-order valence-electron chi connectivity index (χ1n) is 6.49. The number of benzene rings is 1. The molecule has 0 saturated carbocycles. The quantitative estimate of drug-likeness (QED) is 0.823. The summed E-state index contributed by atoms with van der Waals surface area (Å²) in [7, 11) is 0. The van der Waals surface area contributed by atoms with E-state index in [9.17, 15) is 4.79 Å². The molecule has 0 bridgehead atoms. The Labute approximate surface area is 106 Å². The van der Waals surface area contributed by atoms with Gasteiger partial charge in [-0.1, -0.05) is 11.6 Å². The van der Waals surface area contributed by atoms with Crippen LogP contribution in [0.1, 0.15) is 35.2 Å². The highest BCUT2D eigenvalue weighted by Crippen LogP contribution is 2.24. The maximum absolute atomic E-state index is 12.4. The molecule has 1 aromatic carbocycles. The van der Waals surface area contributed by atoms with Crippen LogP contribution in [0.25, 0.3) is 10.9 Å². The zero-order valence-electron chi connectivity index (χ0n) is 10.5. The first-order valence-corrected chi connectivity index (χ1v) is 6.49. The van der Waals surface area contributed by atoms with Gasteiger partial charge < -0.3 is 9.72 Å². The third-order valence-electron chi connectivity index (χ3n) is 3.57. The van der Waals surface area contributed by atoms with Crippen LogP contribution in [0.2, 0.25) is 0 Å². The molecule has 94 valence electrons. The van der Waals surface area contributed by atoms with E-state index in [0.717, 1.165) is 35.7 Å². The van der Waals surface area contributed by atoms with Crippen LogP contribution >= 0.6 is 0 Å². The molecule has 3 nitrogen and oxygen atoms in total. The number of nitrogens with one attached hydrogen (secondary N) is 1. The number of aryl methyl sites for hydroxylation is 1. The highest BCUT2D eigenvalue weighted by Gasteiger charge is 2.25. The number of Topliss-reactive ketones (excluding diaryl/α,β-unsaturated/α-hetero) is 1. The SMILES string of the molecule is Cc1ccc2[nH]cc(C(=O)C3CCCCO3)c2c1. The molecule has 0 aliphatic carbocycles. The molecule has 1 aromatic heterocycles. The molecule has 0 spiro atoms. The summed E-state index contributed by atoms with van der Waals surface area (Å²) >= 11 is 0. The Morgan fingerprint density at radius 3 is 3.06 bits per heavy atom. The van der Waals surface area contributed by atoms with Gasteiger partial charge in [0, 0.05) is 29.3 Å². The van der Waals surface area contributed by atoms with Gasteiger partial charge in [-0.05, 0) is 38.3 Å². The number of hydrogen-bond donors (Lipinski definition) is 1. The summed E-state index contributed by atoms with van der Waals surface area (Å²) < 4.78 is 5.58. The smallest absolute Gasteiger partial charge is 0.193 e. The van der Waals surface area contributed by atoms with E-state index < -0.39 is 0 Å². The number of ether oxygens (including phenoxy) is 1. The lowest BCUT2D eigenvalue weighted by molar-refractivity contribution is 0.0188. The van der Waals surface area contributed by atoms with Crippen molar-refractivity contribution in [3.63, 3.8) is 0 Å². The number of fused-ring (bicyclic) bond motifs is 1.